The SMILES string of the molecule is CCOc1ccc2ncc(O[C@@H]3C[C@H]4C(=O)N[C@]5(C(=O)NS(=O)(=O)C6(C)CC6)C[C@H]5/C=C\CC[C@@H](C)C[C@@H](CC)[C@H](NC(=O)O)C(=O)N4C3)cc2c1. The summed E-state index contributed by atoms with van der Waals surface area (Å²) in [5, 5.41) is 15.9. The number of allylic oxidation sites excluding steroid dienone is 1. The number of amides is 4. The highest BCUT2D eigenvalue weighted by Gasteiger charge is 2.63. The maximum Gasteiger partial charge on any atom is 0.405 e. The number of carbonyl (C=O) groups is 4. The van der Waals surface area contributed by atoms with Crippen LogP contribution in [0.3, 0.4) is 0 Å². The third kappa shape index (κ3) is 7.69. The molecule has 15 heteroatoms. The molecule has 14 nitrogen and oxygen atoms in total. The van der Waals surface area contributed by atoms with Crippen molar-refractivity contribution in [2.45, 2.75) is 108 Å². The molecule has 2 aromatic rings. The van der Waals surface area contributed by atoms with Gasteiger partial charge < -0.3 is 30.1 Å². The third-order valence-corrected chi connectivity index (χ3v) is 13.3. The topological polar surface area (TPSA) is 193 Å². The van der Waals surface area contributed by atoms with Crippen LogP contribution in [0.5, 0.6) is 11.5 Å². The van der Waals surface area contributed by atoms with Crippen LogP contribution in [0.15, 0.2) is 42.6 Å². The van der Waals surface area contributed by atoms with Gasteiger partial charge in [-0.2, -0.15) is 0 Å². The second-order valence-corrected chi connectivity index (χ2v) is 17.2. The average molecular weight is 740 g/mol. The lowest BCUT2D eigenvalue weighted by molar-refractivity contribution is -0.142. The Morgan fingerprint density at radius 1 is 1.13 bits per heavy atom. The summed E-state index contributed by atoms with van der Waals surface area (Å²) in [4.78, 5) is 60.5. The van der Waals surface area contributed by atoms with E-state index in [0.29, 0.717) is 50.2 Å². The predicted octanol–water partition coefficient (Wildman–Crippen LogP) is 3.89. The van der Waals surface area contributed by atoms with Crippen molar-refractivity contribution in [1.82, 2.24) is 25.2 Å². The molecular weight excluding hydrogens is 691 g/mol. The quantitative estimate of drug-likeness (QED) is 0.274. The van der Waals surface area contributed by atoms with E-state index in [-0.39, 0.29) is 31.2 Å². The number of hydrogen-bond acceptors (Lipinski definition) is 9. The van der Waals surface area contributed by atoms with Crippen LogP contribution in [0.2, 0.25) is 0 Å². The van der Waals surface area contributed by atoms with Gasteiger partial charge in [-0.15, -0.1) is 0 Å². The molecule has 2 aliphatic heterocycles. The van der Waals surface area contributed by atoms with Crippen molar-refractivity contribution in [1.29, 1.82) is 0 Å². The van der Waals surface area contributed by atoms with Crippen LogP contribution in [0, 0.1) is 17.8 Å². The summed E-state index contributed by atoms with van der Waals surface area (Å²) in [6.07, 6.45) is 6.92. The van der Waals surface area contributed by atoms with Crippen molar-refractivity contribution >= 4 is 44.7 Å². The zero-order valence-electron chi connectivity index (χ0n) is 30.1. The second kappa shape index (κ2) is 14.6. The number of fused-ring (bicyclic) bond motifs is 3. The minimum Gasteiger partial charge on any atom is -0.494 e. The summed E-state index contributed by atoms with van der Waals surface area (Å²) in [7, 11) is -3.99. The fraction of sp³-hybridized carbons (Fsp3) is 0.595. The summed E-state index contributed by atoms with van der Waals surface area (Å²) in [5.74, 6) is -1.61. The molecule has 0 bridgehead atoms. The van der Waals surface area contributed by atoms with Gasteiger partial charge in [0.05, 0.1) is 29.6 Å². The van der Waals surface area contributed by atoms with Gasteiger partial charge in [-0.25, -0.2) is 13.2 Å². The lowest BCUT2D eigenvalue weighted by Gasteiger charge is -2.33. The molecule has 0 radical (unpaired) electrons. The van der Waals surface area contributed by atoms with E-state index < -0.39 is 68.2 Å². The summed E-state index contributed by atoms with van der Waals surface area (Å²) >= 11 is 0. The van der Waals surface area contributed by atoms with E-state index in [1.54, 1.807) is 19.2 Å². The van der Waals surface area contributed by atoms with Gasteiger partial charge in [0, 0.05) is 17.7 Å². The van der Waals surface area contributed by atoms with E-state index in [1.807, 2.05) is 44.2 Å². The van der Waals surface area contributed by atoms with Crippen molar-refractivity contribution < 1.29 is 42.2 Å². The zero-order chi connectivity index (χ0) is 37.4. The molecule has 2 aliphatic carbocycles. The molecule has 3 fully saturated rings. The molecule has 0 spiro atoms. The number of nitrogens with one attached hydrogen (secondary N) is 3. The molecule has 4 amide bonds. The molecule has 3 heterocycles. The van der Waals surface area contributed by atoms with Crippen molar-refractivity contribution in [3.63, 3.8) is 0 Å². The van der Waals surface area contributed by atoms with Crippen molar-refractivity contribution in [2.75, 3.05) is 13.2 Å². The summed E-state index contributed by atoms with van der Waals surface area (Å²) in [6, 6.07) is 5.04. The van der Waals surface area contributed by atoms with E-state index >= 15 is 0 Å². The Kier molecular flexibility index (Phi) is 10.5. The highest BCUT2D eigenvalue weighted by Crippen LogP contribution is 2.47. The molecule has 4 N–H and O–H groups in total. The first kappa shape index (κ1) is 37.4. The normalized spacial score (nSPS) is 30.8. The van der Waals surface area contributed by atoms with Gasteiger partial charge in [-0.1, -0.05) is 32.4 Å². The Labute approximate surface area is 304 Å². The Bertz CT molecular complexity index is 1860. The monoisotopic (exact) mass is 739 g/mol. The van der Waals surface area contributed by atoms with E-state index in [2.05, 4.69) is 27.3 Å². The first-order valence-electron chi connectivity index (χ1n) is 18.2. The Morgan fingerprint density at radius 2 is 1.88 bits per heavy atom. The van der Waals surface area contributed by atoms with Gasteiger partial charge in [-0.05, 0) is 88.5 Å². The molecular formula is C37H49N5O9S. The molecule has 2 saturated carbocycles. The van der Waals surface area contributed by atoms with Crippen molar-refractivity contribution in [3.8, 4) is 11.5 Å². The van der Waals surface area contributed by atoms with Crippen LogP contribution in [0.4, 0.5) is 4.79 Å². The minimum absolute atomic E-state index is 0.0347. The number of hydrogen-bond donors (Lipinski definition) is 4. The number of pyridine rings is 1. The van der Waals surface area contributed by atoms with Gasteiger partial charge in [0.25, 0.3) is 5.91 Å². The van der Waals surface area contributed by atoms with Gasteiger partial charge in [0.1, 0.15) is 35.2 Å². The van der Waals surface area contributed by atoms with Crippen LogP contribution in [0.1, 0.15) is 79.1 Å². The Hall–Kier alpha value is -4.40. The van der Waals surface area contributed by atoms with Crippen LogP contribution < -0.4 is 24.8 Å². The van der Waals surface area contributed by atoms with Gasteiger partial charge in [0.2, 0.25) is 21.8 Å². The number of carboxylic acid groups (broad SMARTS) is 1. The number of rotatable bonds is 9. The van der Waals surface area contributed by atoms with Crippen LogP contribution in [-0.4, -0.2) is 88.8 Å². The molecule has 7 atom stereocenters. The highest BCUT2D eigenvalue weighted by atomic mass is 32.2. The molecule has 6 rings (SSSR count). The van der Waals surface area contributed by atoms with Gasteiger partial charge >= 0.3 is 6.09 Å². The smallest absolute Gasteiger partial charge is 0.405 e. The summed E-state index contributed by atoms with van der Waals surface area (Å²) < 4.78 is 39.4. The Morgan fingerprint density at radius 3 is 2.58 bits per heavy atom. The van der Waals surface area contributed by atoms with Crippen LogP contribution in [-0.2, 0) is 24.4 Å². The van der Waals surface area contributed by atoms with Gasteiger partial charge in [0.15, 0.2) is 0 Å². The maximum atomic E-state index is 14.5. The molecule has 52 heavy (non-hydrogen) atoms. The number of sulfonamides is 1. The molecule has 1 aromatic heterocycles. The van der Waals surface area contributed by atoms with E-state index in [9.17, 15) is 32.7 Å². The first-order valence-corrected chi connectivity index (χ1v) is 19.7. The van der Waals surface area contributed by atoms with E-state index in [4.69, 9.17) is 9.47 Å². The molecule has 1 saturated heterocycles. The van der Waals surface area contributed by atoms with E-state index in [0.717, 1.165) is 17.3 Å². The fourth-order valence-electron chi connectivity index (χ4n) is 7.55. The number of benzene rings is 1. The van der Waals surface area contributed by atoms with Crippen LogP contribution in [0.25, 0.3) is 10.9 Å². The molecule has 0 unspecified atom stereocenters. The fourth-order valence-corrected chi connectivity index (χ4v) is 8.86. The Balaban J connectivity index is 1.33. The van der Waals surface area contributed by atoms with Crippen molar-refractivity contribution in [2.24, 2.45) is 17.8 Å². The maximum absolute atomic E-state index is 14.5. The molecule has 4 aliphatic rings. The van der Waals surface area contributed by atoms with Gasteiger partial charge in [-0.3, -0.25) is 24.1 Å². The standard InChI is InChI=1S/C37H49N5O9S/c1-5-23-15-22(3)9-7-8-10-25-19-37(25,34(45)41-52(48,49)36(4)13-14-36)40-32(43)30-18-28(21-42(30)33(44)31(23)39-35(46)47)51-27-17-24-16-26(50-6-2)11-12-29(24)38-20-27/h8,10-12,16-17,20,22-23,25,28,30-31,39H,5-7,9,13-15,18-19,21H2,1-4H3,(H,40,43)(H,41,45)(H,46,47)/b10-8-/t22-,23-,25-,28-,30+,31+,37-/m1/s1. The summed E-state index contributed by atoms with van der Waals surface area (Å²) in [5.41, 5.74) is -0.808. The minimum atomic E-state index is -3.99. The van der Waals surface area contributed by atoms with E-state index in [1.165, 1.54) is 4.90 Å². The lowest BCUT2D eigenvalue weighted by Crippen LogP contribution is -2.59. The zero-order valence-corrected chi connectivity index (χ0v) is 30.9. The highest BCUT2D eigenvalue weighted by molar-refractivity contribution is 7.91. The number of aromatic nitrogens is 1. The second-order valence-electron chi connectivity index (χ2n) is 15.0. The molecule has 282 valence electrons. The number of carbonyl (C=O) groups excluding carboxylic acids is 3. The lowest BCUT2D eigenvalue weighted by atomic mass is 9.85. The number of ether oxygens (including phenoxy) is 2. The van der Waals surface area contributed by atoms with Crippen LogP contribution >= 0.6 is 0 Å². The largest absolute Gasteiger partial charge is 0.494 e. The molecule has 1 aromatic carbocycles. The predicted molar refractivity (Wildman–Crippen MR) is 192 cm³/mol. The number of nitrogens with zero attached hydrogens (tertiary/aromatic N) is 2. The van der Waals surface area contributed by atoms with Crippen molar-refractivity contribution in [3.05, 3.63) is 42.6 Å². The first-order chi connectivity index (χ1) is 24.7. The summed E-state index contributed by atoms with van der Waals surface area (Å²) in [6.45, 7) is 7.89. The average Bonchev–Trinajstić information content (AvgIpc) is 3.97. The third-order valence-electron chi connectivity index (χ3n) is 11.1.